The molecule has 0 aliphatic carbocycles. The highest BCUT2D eigenvalue weighted by molar-refractivity contribution is 5.94. The largest absolute Gasteiger partial charge is 0.341 e. The van der Waals surface area contributed by atoms with Crippen LogP contribution < -0.4 is 0 Å². The molecular weight excluding hydrogens is 254 g/mol. The first-order chi connectivity index (χ1) is 9.59. The summed E-state index contributed by atoms with van der Waals surface area (Å²) in [5.74, 6) is 0.201. The first-order valence-corrected chi connectivity index (χ1v) is 7.07. The molecule has 2 amide bonds. The third-order valence-electron chi connectivity index (χ3n) is 3.52. The predicted octanol–water partition coefficient (Wildman–Crippen LogP) is 1.41. The van der Waals surface area contributed by atoms with E-state index in [2.05, 4.69) is 4.98 Å². The molecule has 1 aliphatic heterocycles. The Bertz CT molecular complexity index is 473. The average Bonchev–Trinajstić information content (AvgIpc) is 2.72. The van der Waals surface area contributed by atoms with E-state index in [-0.39, 0.29) is 17.7 Å². The Morgan fingerprint density at radius 3 is 2.30 bits per heavy atom. The summed E-state index contributed by atoms with van der Waals surface area (Å²) >= 11 is 0. The van der Waals surface area contributed by atoms with E-state index in [1.165, 1.54) is 0 Å². The molecule has 5 nitrogen and oxygen atoms in total. The Labute approximate surface area is 119 Å². The van der Waals surface area contributed by atoms with Gasteiger partial charge in [-0.25, -0.2) is 0 Å². The summed E-state index contributed by atoms with van der Waals surface area (Å²) in [5, 5.41) is 0. The van der Waals surface area contributed by atoms with Crippen LogP contribution in [0.4, 0.5) is 0 Å². The van der Waals surface area contributed by atoms with E-state index in [9.17, 15) is 9.59 Å². The van der Waals surface area contributed by atoms with Gasteiger partial charge in [-0.2, -0.15) is 0 Å². The van der Waals surface area contributed by atoms with Gasteiger partial charge in [0.15, 0.2) is 0 Å². The molecule has 0 bridgehead atoms. The average molecular weight is 275 g/mol. The number of carbonyl (C=O) groups excluding carboxylic acids is 2. The highest BCUT2D eigenvalue weighted by Crippen LogP contribution is 2.10. The molecule has 0 radical (unpaired) electrons. The lowest BCUT2D eigenvalue weighted by atomic mass is 10.2. The van der Waals surface area contributed by atoms with Crippen molar-refractivity contribution >= 4 is 11.8 Å². The van der Waals surface area contributed by atoms with Crippen molar-refractivity contribution < 1.29 is 9.59 Å². The van der Waals surface area contributed by atoms with E-state index in [0.717, 1.165) is 13.0 Å². The molecule has 1 saturated heterocycles. The maximum absolute atomic E-state index is 12.4. The summed E-state index contributed by atoms with van der Waals surface area (Å²) in [5.41, 5.74) is 0.656. The van der Waals surface area contributed by atoms with Gasteiger partial charge in [0, 0.05) is 50.1 Å². The van der Waals surface area contributed by atoms with Gasteiger partial charge < -0.3 is 9.80 Å². The second kappa shape index (κ2) is 6.50. The maximum Gasteiger partial charge on any atom is 0.254 e. The van der Waals surface area contributed by atoms with E-state index in [0.29, 0.717) is 25.2 Å². The molecule has 0 spiro atoms. The van der Waals surface area contributed by atoms with Crippen molar-refractivity contribution in [2.45, 2.75) is 20.3 Å². The van der Waals surface area contributed by atoms with Crippen LogP contribution in [0.1, 0.15) is 30.6 Å². The summed E-state index contributed by atoms with van der Waals surface area (Å²) in [6.45, 7) is 6.47. The normalized spacial score (nSPS) is 16.1. The van der Waals surface area contributed by atoms with Crippen LogP contribution in [0.25, 0.3) is 0 Å². The quantitative estimate of drug-likeness (QED) is 0.820. The zero-order chi connectivity index (χ0) is 14.5. The van der Waals surface area contributed by atoms with Gasteiger partial charge in [0.1, 0.15) is 0 Å². The van der Waals surface area contributed by atoms with Crippen LogP contribution >= 0.6 is 0 Å². The van der Waals surface area contributed by atoms with Crippen LogP contribution in [-0.2, 0) is 4.79 Å². The molecule has 1 aromatic rings. The third kappa shape index (κ3) is 3.35. The molecular formula is C15H21N3O2. The van der Waals surface area contributed by atoms with Gasteiger partial charge in [0.2, 0.25) is 5.91 Å². The van der Waals surface area contributed by atoms with Crippen molar-refractivity contribution in [3.63, 3.8) is 0 Å². The molecule has 0 aromatic carbocycles. The van der Waals surface area contributed by atoms with Crippen LogP contribution in [0.5, 0.6) is 0 Å². The fourth-order valence-electron chi connectivity index (χ4n) is 2.38. The van der Waals surface area contributed by atoms with Crippen LogP contribution in [0.15, 0.2) is 24.5 Å². The van der Waals surface area contributed by atoms with Crippen molar-refractivity contribution in [3.8, 4) is 0 Å². The second-order valence-corrected chi connectivity index (χ2v) is 5.36. The number of amides is 2. The monoisotopic (exact) mass is 275 g/mol. The molecule has 2 heterocycles. The van der Waals surface area contributed by atoms with Gasteiger partial charge in [-0.3, -0.25) is 14.6 Å². The summed E-state index contributed by atoms with van der Waals surface area (Å²) in [7, 11) is 0. The topological polar surface area (TPSA) is 53.5 Å². The van der Waals surface area contributed by atoms with Gasteiger partial charge in [-0.15, -0.1) is 0 Å². The summed E-state index contributed by atoms with van der Waals surface area (Å²) in [6, 6.07) is 3.45. The van der Waals surface area contributed by atoms with Gasteiger partial charge in [-0.1, -0.05) is 13.8 Å². The number of hydrogen-bond donors (Lipinski definition) is 0. The maximum atomic E-state index is 12.4. The van der Waals surface area contributed by atoms with Crippen LogP contribution in [0, 0.1) is 5.92 Å². The molecule has 2 rings (SSSR count). The van der Waals surface area contributed by atoms with Gasteiger partial charge in [0.25, 0.3) is 5.91 Å². The van der Waals surface area contributed by atoms with Gasteiger partial charge in [0.05, 0.1) is 0 Å². The van der Waals surface area contributed by atoms with E-state index >= 15 is 0 Å². The van der Waals surface area contributed by atoms with E-state index in [4.69, 9.17) is 0 Å². The fraction of sp³-hybridized carbons (Fsp3) is 0.533. The molecule has 108 valence electrons. The van der Waals surface area contributed by atoms with Crippen LogP contribution in [0.3, 0.4) is 0 Å². The minimum atomic E-state index is 0.0115. The molecule has 0 unspecified atom stereocenters. The Morgan fingerprint density at radius 2 is 1.65 bits per heavy atom. The minimum Gasteiger partial charge on any atom is -0.341 e. The standard InChI is InChI=1S/C15H21N3O2/c1-12(2)14(19)17-8-3-9-18(11-10-17)15(20)13-4-6-16-7-5-13/h4-7,12H,3,8-11H2,1-2H3. The zero-order valence-corrected chi connectivity index (χ0v) is 12.1. The lowest BCUT2D eigenvalue weighted by Gasteiger charge is -2.23. The smallest absolute Gasteiger partial charge is 0.254 e. The fourth-order valence-corrected chi connectivity index (χ4v) is 2.38. The number of nitrogens with zero attached hydrogens (tertiary/aromatic N) is 3. The Kier molecular flexibility index (Phi) is 4.71. The highest BCUT2D eigenvalue weighted by Gasteiger charge is 2.23. The van der Waals surface area contributed by atoms with Crippen molar-refractivity contribution in [1.82, 2.24) is 14.8 Å². The predicted molar refractivity (Wildman–Crippen MR) is 76.2 cm³/mol. The summed E-state index contributed by atoms with van der Waals surface area (Å²) in [6.07, 6.45) is 4.08. The third-order valence-corrected chi connectivity index (χ3v) is 3.52. The number of rotatable bonds is 2. The summed E-state index contributed by atoms with van der Waals surface area (Å²) < 4.78 is 0. The molecule has 20 heavy (non-hydrogen) atoms. The highest BCUT2D eigenvalue weighted by atomic mass is 16.2. The molecule has 0 saturated carbocycles. The number of aromatic nitrogens is 1. The first-order valence-electron chi connectivity index (χ1n) is 7.07. The molecule has 1 aromatic heterocycles. The lowest BCUT2D eigenvalue weighted by molar-refractivity contribution is -0.134. The van der Waals surface area contributed by atoms with Gasteiger partial charge in [-0.05, 0) is 18.6 Å². The molecule has 5 heteroatoms. The number of pyridine rings is 1. The lowest BCUT2D eigenvalue weighted by Crippen LogP contribution is -2.38. The number of hydrogen-bond acceptors (Lipinski definition) is 3. The molecule has 1 fully saturated rings. The zero-order valence-electron chi connectivity index (χ0n) is 12.1. The van der Waals surface area contributed by atoms with Crippen molar-refractivity contribution in [2.75, 3.05) is 26.2 Å². The van der Waals surface area contributed by atoms with Crippen molar-refractivity contribution in [1.29, 1.82) is 0 Å². The molecule has 1 aliphatic rings. The second-order valence-electron chi connectivity index (χ2n) is 5.36. The minimum absolute atomic E-state index is 0.0115. The molecule has 0 atom stereocenters. The van der Waals surface area contributed by atoms with Gasteiger partial charge >= 0.3 is 0 Å². The van der Waals surface area contributed by atoms with Crippen molar-refractivity contribution in [2.24, 2.45) is 5.92 Å². The summed E-state index contributed by atoms with van der Waals surface area (Å²) in [4.78, 5) is 32.0. The van der Waals surface area contributed by atoms with Crippen LogP contribution in [0.2, 0.25) is 0 Å². The van der Waals surface area contributed by atoms with Crippen molar-refractivity contribution in [3.05, 3.63) is 30.1 Å². The Balaban J connectivity index is 1.99. The Morgan fingerprint density at radius 1 is 1.05 bits per heavy atom. The van der Waals surface area contributed by atoms with E-state index < -0.39 is 0 Å². The number of carbonyl (C=O) groups is 2. The first kappa shape index (κ1) is 14.5. The Hall–Kier alpha value is -1.91. The van der Waals surface area contributed by atoms with Crippen LogP contribution in [-0.4, -0.2) is 52.8 Å². The van der Waals surface area contributed by atoms with E-state index in [1.54, 1.807) is 24.5 Å². The SMILES string of the molecule is CC(C)C(=O)N1CCCN(C(=O)c2ccncc2)CC1. The van der Waals surface area contributed by atoms with E-state index in [1.807, 2.05) is 23.6 Å². The molecule has 0 N–H and O–H groups in total.